The molecule has 1 aliphatic rings. The number of anilines is 1. The Balaban J connectivity index is 2.05. The fourth-order valence-corrected chi connectivity index (χ4v) is 2.89. The first-order valence-corrected chi connectivity index (χ1v) is 7.85. The summed E-state index contributed by atoms with van der Waals surface area (Å²) >= 11 is 11.7. The molecule has 0 aliphatic heterocycles. The molecule has 1 aromatic carbocycles. The van der Waals surface area contributed by atoms with Gasteiger partial charge in [-0.1, -0.05) is 6.07 Å². The van der Waals surface area contributed by atoms with E-state index < -0.39 is 33.2 Å². The summed E-state index contributed by atoms with van der Waals surface area (Å²) in [6.07, 6.45) is 0.242. The van der Waals surface area contributed by atoms with Crippen molar-refractivity contribution in [2.75, 3.05) is 11.9 Å². The van der Waals surface area contributed by atoms with Crippen LogP contribution in [0.15, 0.2) is 12.1 Å². The number of alkyl halides is 2. The summed E-state index contributed by atoms with van der Waals surface area (Å²) < 4.78 is 3.73. The summed E-state index contributed by atoms with van der Waals surface area (Å²) in [6, 6.07) is 2.90. The van der Waals surface area contributed by atoms with Gasteiger partial charge < -0.3 is 10.1 Å². The fraction of sp³-hybridized carbons (Fsp3) is 0.467. The largest absolute Gasteiger partial charge is 0.455 e. The van der Waals surface area contributed by atoms with Gasteiger partial charge in [0.15, 0.2) is 6.61 Å². The molecule has 1 aliphatic carbocycles. The maximum absolute atomic E-state index is 12.0. The zero-order chi connectivity index (χ0) is 18.3. The van der Waals surface area contributed by atoms with Crippen LogP contribution < -0.4 is 5.32 Å². The summed E-state index contributed by atoms with van der Waals surface area (Å²) in [6.45, 7) is 4.39. The van der Waals surface area contributed by atoms with E-state index in [1.54, 1.807) is 26.8 Å². The van der Waals surface area contributed by atoms with Gasteiger partial charge in [0.1, 0.15) is 15.4 Å². The average Bonchev–Trinajstić information content (AvgIpc) is 3.01. The highest BCUT2D eigenvalue weighted by Gasteiger charge is 2.69. The Hall–Kier alpha value is -1.86. The molecule has 0 spiro atoms. The van der Waals surface area contributed by atoms with Gasteiger partial charge in [-0.05, 0) is 31.9 Å². The molecule has 0 aromatic heterocycles. The number of nitrogens with zero attached hydrogens (tertiary/aromatic N) is 1. The van der Waals surface area contributed by atoms with E-state index in [1.165, 1.54) is 6.07 Å². The molecule has 9 heteroatoms. The molecule has 1 saturated carbocycles. The van der Waals surface area contributed by atoms with Crippen LogP contribution in [0.3, 0.4) is 0 Å². The fourth-order valence-electron chi connectivity index (χ4n) is 2.20. The number of benzene rings is 1. The number of aryl methyl sites for hydroxylation is 1. The van der Waals surface area contributed by atoms with E-state index in [0.29, 0.717) is 5.56 Å². The molecule has 0 radical (unpaired) electrons. The number of nitro groups is 1. The third-order valence-electron chi connectivity index (χ3n) is 4.22. The van der Waals surface area contributed by atoms with E-state index in [9.17, 15) is 19.7 Å². The van der Waals surface area contributed by atoms with Crippen LogP contribution >= 0.6 is 23.2 Å². The first-order valence-electron chi connectivity index (χ1n) is 7.09. The number of ether oxygens (including phenoxy) is 1. The van der Waals surface area contributed by atoms with Crippen LogP contribution in [-0.2, 0) is 14.3 Å². The zero-order valence-corrected chi connectivity index (χ0v) is 14.8. The number of esters is 1. The Morgan fingerprint density at radius 1 is 1.38 bits per heavy atom. The predicted octanol–water partition coefficient (Wildman–Crippen LogP) is 3.28. The van der Waals surface area contributed by atoms with Gasteiger partial charge in [0.2, 0.25) is 0 Å². The van der Waals surface area contributed by atoms with Gasteiger partial charge in [-0.25, -0.2) is 0 Å². The Morgan fingerprint density at radius 2 is 1.96 bits per heavy atom. The number of hydrogen-bond donors (Lipinski definition) is 1. The van der Waals surface area contributed by atoms with Crippen LogP contribution in [0.2, 0.25) is 0 Å². The van der Waals surface area contributed by atoms with Crippen molar-refractivity contribution in [3.8, 4) is 0 Å². The van der Waals surface area contributed by atoms with Gasteiger partial charge in [0, 0.05) is 12.5 Å². The molecule has 1 amide bonds. The number of halogens is 2. The maximum atomic E-state index is 12.0. The summed E-state index contributed by atoms with van der Waals surface area (Å²) in [7, 11) is 0. The van der Waals surface area contributed by atoms with E-state index in [1.807, 2.05) is 0 Å². The Labute approximate surface area is 148 Å². The topological polar surface area (TPSA) is 98.5 Å². The van der Waals surface area contributed by atoms with Gasteiger partial charge in [-0.15, -0.1) is 23.2 Å². The second kappa shape index (κ2) is 6.22. The second-order valence-electron chi connectivity index (χ2n) is 6.00. The van der Waals surface area contributed by atoms with Crippen LogP contribution in [0, 0.1) is 29.4 Å². The van der Waals surface area contributed by atoms with E-state index in [-0.39, 0.29) is 17.8 Å². The van der Waals surface area contributed by atoms with E-state index in [0.717, 1.165) is 5.56 Å². The minimum absolute atomic E-state index is 0.0858. The van der Waals surface area contributed by atoms with Crippen molar-refractivity contribution in [2.45, 2.75) is 31.5 Å². The van der Waals surface area contributed by atoms with Crippen LogP contribution in [0.4, 0.5) is 11.4 Å². The number of hydrogen-bond acceptors (Lipinski definition) is 5. The van der Waals surface area contributed by atoms with E-state index >= 15 is 0 Å². The van der Waals surface area contributed by atoms with Crippen molar-refractivity contribution in [3.63, 3.8) is 0 Å². The van der Waals surface area contributed by atoms with Crippen LogP contribution in [0.1, 0.15) is 24.5 Å². The highest BCUT2D eigenvalue weighted by molar-refractivity contribution is 6.53. The van der Waals surface area contributed by atoms with Crippen molar-refractivity contribution in [3.05, 3.63) is 33.4 Å². The lowest BCUT2D eigenvalue weighted by Crippen LogP contribution is -2.27. The molecule has 1 N–H and O–H groups in total. The number of rotatable bonds is 5. The maximum Gasteiger partial charge on any atom is 0.315 e. The molecule has 7 nitrogen and oxygen atoms in total. The number of amides is 1. The third kappa shape index (κ3) is 3.32. The smallest absolute Gasteiger partial charge is 0.315 e. The van der Waals surface area contributed by atoms with Crippen LogP contribution in [0.25, 0.3) is 0 Å². The van der Waals surface area contributed by atoms with Gasteiger partial charge in [-0.3, -0.25) is 19.7 Å². The number of nitro benzene ring substituents is 1. The lowest BCUT2D eigenvalue weighted by molar-refractivity contribution is -0.384. The number of carbonyl (C=O) groups is 2. The molecule has 24 heavy (non-hydrogen) atoms. The lowest BCUT2D eigenvalue weighted by atomic mass is 10.1. The molecule has 0 bridgehead atoms. The summed E-state index contributed by atoms with van der Waals surface area (Å²) in [5.41, 5.74) is 0.169. The molecule has 1 aromatic rings. The molecule has 1 atom stereocenters. The van der Waals surface area contributed by atoms with Crippen molar-refractivity contribution < 1.29 is 19.2 Å². The van der Waals surface area contributed by atoms with Gasteiger partial charge >= 0.3 is 5.97 Å². The molecule has 0 unspecified atom stereocenters. The Kier molecular flexibility index (Phi) is 4.79. The third-order valence-corrected chi connectivity index (χ3v) is 5.32. The summed E-state index contributed by atoms with van der Waals surface area (Å²) in [5, 5.41) is 13.5. The molecule has 0 saturated heterocycles. The average molecular weight is 375 g/mol. The SMILES string of the molecule is Cc1ccc([N+](=O)[O-])c(NC(=O)COC(=O)[C@@]2(C)CC2(Cl)Cl)c1C. The molecule has 0 heterocycles. The minimum Gasteiger partial charge on any atom is -0.455 e. The minimum atomic E-state index is -1.19. The normalized spacial score (nSPS) is 21.0. The predicted molar refractivity (Wildman–Crippen MR) is 89.3 cm³/mol. The number of carbonyl (C=O) groups excluding carboxylic acids is 2. The first-order chi connectivity index (χ1) is 11.0. The Bertz CT molecular complexity index is 735. The first kappa shape index (κ1) is 18.5. The van der Waals surface area contributed by atoms with Crippen molar-refractivity contribution in [1.29, 1.82) is 0 Å². The van der Waals surface area contributed by atoms with Crippen molar-refractivity contribution in [1.82, 2.24) is 0 Å². The standard InChI is InChI=1S/C15H16Cl2N2O5/c1-8-4-5-10(19(22)23)12(9(8)2)18-11(20)6-24-13(21)14(3)7-15(14,16)17/h4-5H,6-7H2,1-3H3,(H,18,20)/t14-/m1/s1. The van der Waals surface area contributed by atoms with Gasteiger partial charge in [0.05, 0.1) is 4.92 Å². The van der Waals surface area contributed by atoms with E-state index in [2.05, 4.69) is 5.32 Å². The van der Waals surface area contributed by atoms with E-state index in [4.69, 9.17) is 27.9 Å². The zero-order valence-electron chi connectivity index (χ0n) is 13.3. The monoisotopic (exact) mass is 374 g/mol. The molecule has 1 fully saturated rings. The van der Waals surface area contributed by atoms with Crippen molar-refractivity contribution >= 4 is 46.5 Å². The summed E-state index contributed by atoms with van der Waals surface area (Å²) in [5.74, 6) is -1.36. The Morgan fingerprint density at radius 3 is 2.46 bits per heavy atom. The quantitative estimate of drug-likeness (QED) is 0.369. The molecular weight excluding hydrogens is 359 g/mol. The number of nitrogens with one attached hydrogen (secondary N) is 1. The lowest BCUT2D eigenvalue weighted by Gasteiger charge is -2.13. The molecular formula is C15H16Cl2N2O5. The van der Waals surface area contributed by atoms with Crippen LogP contribution in [0.5, 0.6) is 0 Å². The second-order valence-corrected chi connectivity index (χ2v) is 7.48. The highest BCUT2D eigenvalue weighted by atomic mass is 35.5. The molecule has 2 rings (SSSR count). The van der Waals surface area contributed by atoms with Gasteiger partial charge in [0.25, 0.3) is 11.6 Å². The van der Waals surface area contributed by atoms with Crippen molar-refractivity contribution in [2.24, 2.45) is 5.41 Å². The molecule has 130 valence electrons. The van der Waals surface area contributed by atoms with Crippen LogP contribution in [-0.4, -0.2) is 27.7 Å². The van der Waals surface area contributed by atoms with Gasteiger partial charge in [-0.2, -0.15) is 0 Å². The highest BCUT2D eigenvalue weighted by Crippen LogP contribution is 2.64. The summed E-state index contributed by atoms with van der Waals surface area (Å²) in [4.78, 5) is 34.4.